The summed E-state index contributed by atoms with van der Waals surface area (Å²) in [5, 5.41) is 11.9. The molecule has 0 aliphatic carbocycles. The maximum atomic E-state index is 8.98. The highest BCUT2D eigenvalue weighted by atomic mass is 32.1. The summed E-state index contributed by atoms with van der Waals surface area (Å²) < 4.78 is 0. The molecule has 1 aliphatic heterocycles. The molecule has 0 aromatic heterocycles. The molecule has 1 rings (SSSR count). The van der Waals surface area contributed by atoms with Crippen LogP contribution in [-0.2, 0) is 0 Å². The average molecular weight is 178 g/mol. The van der Waals surface area contributed by atoms with Gasteiger partial charge in [-0.2, -0.15) is 5.26 Å². The van der Waals surface area contributed by atoms with Crippen molar-refractivity contribution in [3.8, 4) is 6.07 Å². The Morgan fingerprint density at radius 1 is 1.92 bits per heavy atom. The molecule has 1 heterocycles. The minimum atomic E-state index is -0.550. The van der Waals surface area contributed by atoms with Crippen molar-refractivity contribution in [2.45, 2.75) is 12.8 Å². The van der Waals surface area contributed by atoms with Gasteiger partial charge in [0.25, 0.3) is 0 Å². The number of allylic oxidation sites excluding steroid dienone is 2. The van der Waals surface area contributed by atoms with E-state index in [-0.39, 0.29) is 0 Å². The third-order valence-electron chi connectivity index (χ3n) is 1.94. The van der Waals surface area contributed by atoms with E-state index in [0.29, 0.717) is 17.8 Å². The zero-order valence-corrected chi connectivity index (χ0v) is 7.53. The van der Waals surface area contributed by atoms with Crippen molar-refractivity contribution in [1.82, 2.24) is 5.32 Å². The quantitative estimate of drug-likeness (QED) is 0.518. The lowest BCUT2D eigenvalue weighted by atomic mass is 9.81. The van der Waals surface area contributed by atoms with E-state index in [1.165, 1.54) is 0 Å². The molecular formula is C9H10N2S. The maximum Gasteiger partial charge on any atom is 0.114 e. The number of nitriles is 1. The number of rotatable bonds is 2. The number of nitrogens with one attached hydrogen (secondary N) is 1. The summed E-state index contributed by atoms with van der Waals surface area (Å²) in [6.07, 6.45) is 6.72. The molecular weight excluding hydrogens is 168 g/mol. The van der Waals surface area contributed by atoms with Crippen molar-refractivity contribution in [1.29, 1.82) is 5.26 Å². The van der Waals surface area contributed by atoms with Gasteiger partial charge in [0.1, 0.15) is 10.4 Å². The van der Waals surface area contributed by atoms with E-state index >= 15 is 0 Å². The number of hydrogen-bond donors (Lipinski definition) is 1. The van der Waals surface area contributed by atoms with E-state index in [1.54, 1.807) is 12.3 Å². The van der Waals surface area contributed by atoms with Crippen LogP contribution in [-0.4, -0.2) is 4.99 Å². The van der Waals surface area contributed by atoms with Gasteiger partial charge in [-0.1, -0.05) is 24.4 Å². The molecule has 1 atom stereocenters. The van der Waals surface area contributed by atoms with Gasteiger partial charge in [0.2, 0.25) is 0 Å². The van der Waals surface area contributed by atoms with Gasteiger partial charge >= 0.3 is 0 Å². The molecule has 0 aromatic rings. The highest BCUT2D eigenvalue weighted by Gasteiger charge is 2.34. The first kappa shape index (κ1) is 8.95. The molecule has 0 aromatic carbocycles. The second kappa shape index (κ2) is 3.51. The summed E-state index contributed by atoms with van der Waals surface area (Å²) in [6, 6.07) is 2.24. The molecule has 1 unspecified atom stereocenters. The average Bonchev–Trinajstić information content (AvgIpc) is 2.10. The molecule has 0 saturated heterocycles. The van der Waals surface area contributed by atoms with Crippen molar-refractivity contribution in [3.63, 3.8) is 0 Å². The van der Waals surface area contributed by atoms with Crippen LogP contribution in [0.3, 0.4) is 0 Å². The lowest BCUT2D eigenvalue weighted by Crippen LogP contribution is -2.38. The fraction of sp³-hybridized carbons (Fsp3) is 0.333. The minimum absolute atomic E-state index is 0.550. The van der Waals surface area contributed by atoms with E-state index in [9.17, 15) is 0 Å². The van der Waals surface area contributed by atoms with Crippen molar-refractivity contribution >= 4 is 17.2 Å². The van der Waals surface area contributed by atoms with Crippen molar-refractivity contribution < 1.29 is 0 Å². The molecule has 1 N–H and O–H groups in total. The summed E-state index contributed by atoms with van der Waals surface area (Å²) in [7, 11) is 0. The predicted octanol–water partition coefficient (Wildman–Crippen LogP) is 1.91. The van der Waals surface area contributed by atoms with Crippen LogP contribution >= 0.6 is 12.2 Å². The zero-order chi connectivity index (χ0) is 9.03. The van der Waals surface area contributed by atoms with Crippen LogP contribution in [0.15, 0.2) is 24.9 Å². The normalized spacial score (nSPS) is 27.4. The predicted molar refractivity (Wildman–Crippen MR) is 52.4 cm³/mol. The second-order valence-corrected chi connectivity index (χ2v) is 3.17. The standard InChI is InChI=1S/C9H10N2S/c1-2-4-9(7-10)5-3-6-11-8(9)12/h2-3,6H,1,4-5H2,(H,11,12). The SMILES string of the molecule is C=CCC1(C#N)CC=CNC1=S. The highest BCUT2D eigenvalue weighted by molar-refractivity contribution is 7.80. The van der Waals surface area contributed by atoms with Crippen LogP contribution in [0.1, 0.15) is 12.8 Å². The van der Waals surface area contributed by atoms with Gasteiger partial charge in [0.15, 0.2) is 0 Å². The van der Waals surface area contributed by atoms with Crippen LogP contribution in [0.25, 0.3) is 0 Å². The maximum absolute atomic E-state index is 8.98. The molecule has 0 fully saturated rings. The van der Waals surface area contributed by atoms with Crippen molar-refractivity contribution in [3.05, 3.63) is 24.9 Å². The van der Waals surface area contributed by atoms with Gasteiger partial charge in [-0.15, -0.1) is 6.58 Å². The van der Waals surface area contributed by atoms with Crippen LogP contribution in [0.5, 0.6) is 0 Å². The third kappa shape index (κ3) is 1.39. The van der Waals surface area contributed by atoms with Gasteiger partial charge in [0.05, 0.1) is 6.07 Å². The number of thiocarbonyl (C=S) groups is 1. The fourth-order valence-corrected chi connectivity index (χ4v) is 1.47. The van der Waals surface area contributed by atoms with Crippen molar-refractivity contribution in [2.24, 2.45) is 5.41 Å². The lowest BCUT2D eigenvalue weighted by Gasteiger charge is -2.27. The summed E-state index contributed by atoms with van der Waals surface area (Å²) in [4.78, 5) is 0.604. The van der Waals surface area contributed by atoms with Gasteiger partial charge < -0.3 is 5.32 Å². The van der Waals surface area contributed by atoms with Gasteiger partial charge in [0, 0.05) is 0 Å². The van der Waals surface area contributed by atoms with Crippen LogP contribution in [0.4, 0.5) is 0 Å². The molecule has 0 saturated carbocycles. The molecule has 3 heteroatoms. The summed E-state index contributed by atoms with van der Waals surface area (Å²) >= 11 is 5.07. The van der Waals surface area contributed by atoms with Gasteiger partial charge in [-0.3, -0.25) is 0 Å². The first-order valence-electron chi connectivity index (χ1n) is 3.73. The van der Waals surface area contributed by atoms with E-state index in [4.69, 9.17) is 17.5 Å². The zero-order valence-electron chi connectivity index (χ0n) is 6.71. The fourth-order valence-electron chi connectivity index (χ4n) is 1.19. The smallest absolute Gasteiger partial charge is 0.114 e. The molecule has 1 aliphatic rings. The molecule has 0 spiro atoms. The largest absolute Gasteiger partial charge is 0.355 e. The molecule has 2 nitrogen and oxygen atoms in total. The molecule has 0 bridgehead atoms. The first-order valence-corrected chi connectivity index (χ1v) is 4.14. The first-order chi connectivity index (χ1) is 5.75. The topological polar surface area (TPSA) is 35.8 Å². The molecule has 0 radical (unpaired) electrons. The Balaban J connectivity index is 2.92. The Kier molecular flexibility index (Phi) is 2.61. The van der Waals surface area contributed by atoms with Gasteiger partial charge in [-0.25, -0.2) is 0 Å². The van der Waals surface area contributed by atoms with E-state index in [1.807, 2.05) is 6.08 Å². The third-order valence-corrected chi connectivity index (χ3v) is 2.45. The summed E-state index contributed by atoms with van der Waals surface area (Å²) in [5.41, 5.74) is -0.550. The van der Waals surface area contributed by atoms with E-state index in [2.05, 4.69) is 18.0 Å². The number of hydrogen-bond acceptors (Lipinski definition) is 2. The Hall–Kier alpha value is -1.14. The summed E-state index contributed by atoms with van der Waals surface area (Å²) in [5.74, 6) is 0. The van der Waals surface area contributed by atoms with Gasteiger partial charge in [-0.05, 0) is 19.0 Å². The molecule has 0 amide bonds. The highest BCUT2D eigenvalue weighted by Crippen LogP contribution is 2.30. The Morgan fingerprint density at radius 2 is 2.67 bits per heavy atom. The second-order valence-electron chi connectivity index (χ2n) is 2.77. The molecule has 62 valence electrons. The van der Waals surface area contributed by atoms with Crippen LogP contribution in [0.2, 0.25) is 0 Å². The van der Waals surface area contributed by atoms with Crippen molar-refractivity contribution in [2.75, 3.05) is 0 Å². The van der Waals surface area contributed by atoms with E-state index in [0.717, 1.165) is 0 Å². The Morgan fingerprint density at radius 3 is 3.17 bits per heavy atom. The molecule has 12 heavy (non-hydrogen) atoms. The minimum Gasteiger partial charge on any atom is -0.355 e. The Labute approximate surface area is 77.6 Å². The lowest BCUT2D eigenvalue weighted by molar-refractivity contribution is 0.550. The van der Waals surface area contributed by atoms with E-state index < -0.39 is 5.41 Å². The summed E-state index contributed by atoms with van der Waals surface area (Å²) in [6.45, 7) is 3.62. The van der Waals surface area contributed by atoms with Crippen LogP contribution in [0, 0.1) is 16.7 Å². The van der Waals surface area contributed by atoms with Crippen LogP contribution < -0.4 is 5.32 Å². The number of nitrogens with zero attached hydrogens (tertiary/aromatic N) is 1. The monoisotopic (exact) mass is 178 g/mol. The Bertz CT molecular complexity index is 275.